The zero-order valence-electron chi connectivity index (χ0n) is 15.7. The van der Waals surface area contributed by atoms with Gasteiger partial charge in [0.15, 0.2) is 11.5 Å². The van der Waals surface area contributed by atoms with Gasteiger partial charge in [0.25, 0.3) is 0 Å². The van der Waals surface area contributed by atoms with Crippen LogP contribution in [0.5, 0.6) is 11.5 Å². The number of hydrogen-bond donors (Lipinski definition) is 2. The highest BCUT2D eigenvalue weighted by atomic mass is 79.9. The van der Waals surface area contributed by atoms with Crippen LogP contribution in [0.2, 0.25) is 5.02 Å². The van der Waals surface area contributed by atoms with E-state index in [-0.39, 0.29) is 6.10 Å². The first kappa shape index (κ1) is 20.2. The van der Waals surface area contributed by atoms with Crippen LogP contribution in [-0.4, -0.2) is 49.5 Å². The fourth-order valence-corrected chi connectivity index (χ4v) is 3.78. The molecule has 0 aliphatic carbocycles. The third-order valence-corrected chi connectivity index (χ3v) is 5.34. The molecular weight excluding hydrogens is 460 g/mol. The second kappa shape index (κ2) is 9.13. The van der Waals surface area contributed by atoms with Gasteiger partial charge in [-0.1, -0.05) is 27.5 Å². The molecule has 1 fully saturated rings. The minimum absolute atomic E-state index is 0.00586. The van der Waals surface area contributed by atoms with Crippen LogP contribution in [-0.2, 0) is 4.74 Å². The van der Waals surface area contributed by atoms with E-state index in [1.807, 2.05) is 30.3 Å². The Morgan fingerprint density at radius 2 is 2.17 bits per heavy atom. The van der Waals surface area contributed by atoms with Gasteiger partial charge in [0.1, 0.15) is 24.9 Å². The van der Waals surface area contributed by atoms with Crippen LogP contribution in [0.25, 0.3) is 10.9 Å². The molecule has 1 aromatic heterocycles. The standard InChI is InChI=1S/C20H20BrClN4O3/c1-27-18-7-14-17(8-19(18)29-10-13-9-23-4-5-28-13)24-11-25-20(14)26-16-3-2-12(21)6-15(16)22/h2-3,6-8,11,13,23H,4-5,9-10H2,1H3,(H,24,25,26). The zero-order chi connectivity index (χ0) is 20.2. The Labute approximate surface area is 181 Å². The number of nitrogens with one attached hydrogen (secondary N) is 2. The summed E-state index contributed by atoms with van der Waals surface area (Å²) < 4.78 is 18.1. The van der Waals surface area contributed by atoms with Crippen molar-refractivity contribution in [3.8, 4) is 11.5 Å². The first-order valence-electron chi connectivity index (χ1n) is 9.14. The number of methoxy groups -OCH3 is 1. The molecule has 1 aliphatic rings. The van der Waals surface area contributed by atoms with E-state index in [9.17, 15) is 0 Å². The fourth-order valence-electron chi connectivity index (χ4n) is 3.06. The summed E-state index contributed by atoms with van der Waals surface area (Å²) in [6, 6.07) is 9.32. The lowest BCUT2D eigenvalue weighted by molar-refractivity contribution is -0.000235. The van der Waals surface area contributed by atoms with E-state index in [1.54, 1.807) is 7.11 Å². The summed E-state index contributed by atoms with van der Waals surface area (Å²) in [5.41, 5.74) is 1.48. The Hall–Kier alpha value is -2.13. The molecule has 1 unspecified atom stereocenters. The van der Waals surface area contributed by atoms with Crippen molar-refractivity contribution in [1.82, 2.24) is 15.3 Å². The Balaban J connectivity index is 1.62. The molecule has 0 spiro atoms. The van der Waals surface area contributed by atoms with Gasteiger partial charge in [-0.05, 0) is 24.3 Å². The number of morpholine rings is 1. The molecule has 1 atom stereocenters. The topological polar surface area (TPSA) is 77.5 Å². The van der Waals surface area contributed by atoms with E-state index >= 15 is 0 Å². The molecule has 0 radical (unpaired) electrons. The highest BCUT2D eigenvalue weighted by Gasteiger charge is 2.17. The van der Waals surface area contributed by atoms with Gasteiger partial charge in [-0.25, -0.2) is 9.97 Å². The number of halogens is 2. The van der Waals surface area contributed by atoms with Crippen LogP contribution >= 0.6 is 27.5 Å². The minimum Gasteiger partial charge on any atom is -0.493 e. The number of fused-ring (bicyclic) bond motifs is 1. The number of ether oxygens (including phenoxy) is 3. The molecule has 152 valence electrons. The maximum absolute atomic E-state index is 6.33. The normalized spacial score (nSPS) is 16.6. The second-order valence-corrected chi connectivity index (χ2v) is 7.82. The van der Waals surface area contributed by atoms with E-state index in [2.05, 4.69) is 36.5 Å². The van der Waals surface area contributed by atoms with E-state index < -0.39 is 0 Å². The van der Waals surface area contributed by atoms with Gasteiger partial charge in [0.2, 0.25) is 0 Å². The lowest BCUT2D eigenvalue weighted by atomic mass is 10.2. The quantitative estimate of drug-likeness (QED) is 0.549. The summed E-state index contributed by atoms with van der Waals surface area (Å²) in [5.74, 6) is 1.84. The third kappa shape index (κ3) is 4.72. The van der Waals surface area contributed by atoms with Crippen LogP contribution in [0.4, 0.5) is 11.5 Å². The molecule has 29 heavy (non-hydrogen) atoms. The summed E-state index contributed by atoms with van der Waals surface area (Å²) in [5, 5.41) is 7.94. The Kier molecular flexibility index (Phi) is 6.34. The first-order valence-corrected chi connectivity index (χ1v) is 10.3. The summed E-state index contributed by atoms with van der Waals surface area (Å²) in [4.78, 5) is 8.75. The Bertz CT molecular complexity index is 1010. The van der Waals surface area contributed by atoms with Gasteiger partial charge in [-0.2, -0.15) is 0 Å². The highest BCUT2D eigenvalue weighted by molar-refractivity contribution is 9.10. The third-order valence-electron chi connectivity index (χ3n) is 4.53. The maximum Gasteiger partial charge on any atom is 0.163 e. The second-order valence-electron chi connectivity index (χ2n) is 6.50. The lowest BCUT2D eigenvalue weighted by Crippen LogP contribution is -2.41. The average molecular weight is 480 g/mol. The molecule has 9 heteroatoms. The average Bonchev–Trinajstić information content (AvgIpc) is 2.74. The van der Waals surface area contributed by atoms with Gasteiger partial charge in [0, 0.05) is 29.0 Å². The molecule has 2 heterocycles. The number of hydrogen-bond acceptors (Lipinski definition) is 7. The molecular formula is C20H20BrClN4O3. The summed E-state index contributed by atoms with van der Waals surface area (Å²) in [6.07, 6.45) is 1.51. The maximum atomic E-state index is 6.33. The number of rotatable bonds is 6. The molecule has 0 bridgehead atoms. The summed E-state index contributed by atoms with van der Waals surface area (Å²) in [7, 11) is 1.61. The van der Waals surface area contributed by atoms with Crippen molar-refractivity contribution in [2.75, 3.05) is 38.7 Å². The smallest absolute Gasteiger partial charge is 0.163 e. The van der Waals surface area contributed by atoms with E-state index in [4.69, 9.17) is 25.8 Å². The van der Waals surface area contributed by atoms with Crippen molar-refractivity contribution in [1.29, 1.82) is 0 Å². The predicted octanol–water partition coefficient (Wildman–Crippen LogP) is 4.17. The van der Waals surface area contributed by atoms with Gasteiger partial charge < -0.3 is 24.8 Å². The molecule has 0 saturated carbocycles. The van der Waals surface area contributed by atoms with Crippen LogP contribution in [0.15, 0.2) is 41.1 Å². The van der Waals surface area contributed by atoms with Gasteiger partial charge >= 0.3 is 0 Å². The van der Waals surface area contributed by atoms with Gasteiger partial charge in [-0.3, -0.25) is 0 Å². The molecule has 1 saturated heterocycles. The van der Waals surface area contributed by atoms with Crippen molar-refractivity contribution in [2.45, 2.75) is 6.10 Å². The monoisotopic (exact) mass is 478 g/mol. The van der Waals surface area contributed by atoms with Crippen molar-refractivity contribution < 1.29 is 14.2 Å². The van der Waals surface area contributed by atoms with Crippen molar-refractivity contribution >= 4 is 49.9 Å². The van der Waals surface area contributed by atoms with Crippen LogP contribution in [0.3, 0.4) is 0 Å². The van der Waals surface area contributed by atoms with Crippen molar-refractivity contribution in [2.24, 2.45) is 0 Å². The molecule has 0 amide bonds. The number of nitrogens with zero attached hydrogens (tertiary/aromatic N) is 2. The molecule has 2 aromatic carbocycles. The molecule has 7 nitrogen and oxygen atoms in total. The summed E-state index contributed by atoms with van der Waals surface area (Å²) in [6.45, 7) is 2.74. The number of aromatic nitrogens is 2. The van der Waals surface area contributed by atoms with Gasteiger partial charge in [-0.15, -0.1) is 0 Å². The first-order chi connectivity index (χ1) is 14.1. The van der Waals surface area contributed by atoms with Crippen LogP contribution in [0, 0.1) is 0 Å². The SMILES string of the molecule is COc1cc2c(Nc3ccc(Br)cc3Cl)ncnc2cc1OCC1CNCCO1. The van der Waals surface area contributed by atoms with E-state index in [0.29, 0.717) is 35.6 Å². The van der Waals surface area contributed by atoms with E-state index in [0.717, 1.165) is 34.2 Å². The highest BCUT2D eigenvalue weighted by Crippen LogP contribution is 2.36. The van der Waals surface area contributed by atoms with E-state index in [1.165, 1.54) is 6.33 Å². The fraction of sp³-hybridized carbons (Fsp3) is 0.300. The Morgan fingerprint density at radius 3 is 2.93 bits per heavy atom. The Morgan fingerprint density at radius 1 is 1.28 bits per heavy atom. The predicted molar refractivity (Wildman–Crippen MR) is 117 cm³/mol. The van der Waals surface area contributed by atoms with Crippen molar-refractivity contribution in [3.63, 3.8) is 0 Å². The lowest BCUT2D eigenvalue weighted by Gasteiger charge is -2.24. The largest absolute Gasteiger partial charge is 0.493 e. The van der Waals surface area contributed by atoms with Crippen LogP contribution in [0.1, 0.15) is 0 Å². The molecule has 1 aliphatic heterocycles. The molecule has 2 N–H and O–H groups in total. The minimum atomic E-state index is 0.00586. The number of anilines is 2. The molecule has 4 rings (SSSR count). The van der Waals surface area contributed by atoms with Crippen LogP contribution < -0.4 is 20.1 Å². The number of benzene rings is 2. The van der Waals surface area contributed by atoms with Crippen molar-refractivity contribution in [3.05, 3.63) is 46.2 Å². The summed E-state index contributed by atoms with van der Waals surface area (Å²) >= 11 is 9.74. The van der Waals surface area contributed by atoms with Gasteiger partial charge in [0.05, 0.1) is 29.9 Å². The zero-order valence-corrected chi connectivity index (χ0v) is 18.1. The molecule has 3 aromatic rings.